The first-order chi connectivity index (χ1) is 12.6. The number of aliphatic imine (C=N–C) groups is 1. The highest BCUT2D eigenvalue weighted by Crippen LogP contribution is 2.48. The molecule has 7 heteroatoms. The predicted molar refractivity (Wildman–Crippen MR) is 119 cm³/mol. The molecule has 0 bridgehead atoms. The molecule has 0 unspecified atom stereocenters. The molecule has 0 saturated heterocycles. The standard InChI is InChI=1S/C20H29N5O.HI/c1-4-21-19(22-13-10-17-24-18(15(2)3)25-26-17)23-14-20(11-12-20)16-8-6-5-7-9-16;/h5-9,15H,4,10-14H2,1-3H3,(H2,21,22,23);1H. The topological polar surface area (TPSA) is 75.3 Å². The maximum absolute atomic E-state index is 5.29. The molecule has 27 heavy (non-hydrogen) atoms. The van der Waals surface area contributed by atoms with Crippen LogP contribution < -0.4 is 10.6 Å². The van der Waals surface area contributed by atoms with Crippen LogP contribution in [0.2, 0.25) is 0 Å². The minimum atomic E-state index is 0. The molecule has 6 nitrogen and oxygen atoms in total. The van der Waals surface area contributed by atoms with Gasteiger partial charge in [0.25, 0.3) is 0 Å². The number of hydrogen-bond acceptors (Lipinski definition) is 4. The molecule has 0 radical (unpaired) electrons. The number of nitrogens with zero attached hydrogens (tertiary/aromatic N) is 3. The van der Waals surface area contributed by atoms with E-state index in [0.29, 0.717) is 18.9 Å². The van der Waals surface area contributed by atoms with E-state index in [4.69, 9.17) is 9.52 Å². The number of aromatic nitrogens is 2. The van der Waals surface area contributed by atoms with Crippen LogP contribution in [-0.4, -0.2) is 35.7 Å². The van der Waals surface area contributed by atoms with Crippen molar-refractivity contribution < 1.29 is 4.52 Å². The first kappa shape index (κ1) is 21.7. The van der Waals surface area contributed by atoms with Gasteiger partial charge >= 0.3 is 0 Å². The van der Waals surface area contributed by atoms with E-state index in [0.717, 1.165) is 24.9 Å². The summed E-state index contributed by atoms with van der Waals surface area (Å²) in [4.78, 5) is 9.23. The lowest BCUT2D eigenvalue weighted by Crippen LogP contribution is -2.39. The molecule has 1 saturated carbocycles. The van der Waals surface area contributed by atoms with Crippen molar-refractivity contribution in [3.63, 3.8) is 0 Å². The van der Waals surface area contributed by atoms with E-state index in [1.807, 2.05) is 0 Å². The second-order valence-electron chi connectivity index (χ2n) is 7.22. The van der Waals surface area contributed by atoms with E-state index in [1.54, 1.807) is 0 Å². The summed E-state index contributed by atoms with van der Waals surface area (Å²) in [7, 11) is 0. The van der Waals surface area contributed by atoms with Crippen molar-refractivity contribution in [2.24, 2.45) is 4.99 Å². The number of guanidine groups is 1. The zero-order valence-electron chi connectivity index (χ0n) is 16.4. The number of rotatable bonds is 8. The maximum Gasteiger partial charge on any atom is 0.228 e. The van der Waals surface area contributed by atoms with Gasteiger partial charge in [0.05, 0.1) is 6.54 Å². The fraction of sp³-hybridized carbons (Fsp3) is 0.550. The van der Waals surface area contributed by atoms with Gasteiger partial charge in [-0.1, -0.05) is 49.3 Å². The molecule has 2 N–H and O–H groups in total. The van der Waals surface area contributed by atoms with Crippen molar-refractivity contribution in [2.45, 2.75) is 51.4 Å². The molecular weight excluding hydrogens is 453 g/mol. The first-order valence-electron chi connectivity index (χ1n) is 9.53. The number of halogens is 1. The molecule has 0 atom stereocenters. The molecule has 2 aromatic rings. The van der Waals surface area contributed by atoms with Crippen LogP contribution in [0.5, 0.6) is 0 Å². The van der Waals surface area contributed by atoms with Gasteiger partial charge in [-0.2, -0.15) is 4.98 Å². The Morgan fingerprint density at radius 1 is 1.22 bits per heavy atom. The monoisotopic (exact) mass is 483 g/mol. The van der Waals surface area contributed by atoms with E-state index in [-0.39, 0.29) is 35.3 Å². The normalized spacial score (nSPS) is 15.3. The highest BCUT2D eigenvalue weighted by atomic mass is 127. The van der Waals surface area contributed by atoms with Gasteiger partial charge in [0.2, 0.25) is 5.89 Å². The minimum Gasteiger partial charge on any atom is -0.357 e. The summed E-state index contributed by atoms with van der Waals surface area (Å²) in [5, 5.41) is 10.7. The van der Waals surface area contributed by atoms with Crippen LogP contribution in [-0.2, 0) is 11.8 Å². The van der Waals surface area contributed by atoms with Crippen LogP contribution in [0.15, 0.2) is 39.8 Å². The Morgan fingerprint density at radius 2 is 1.96 bits per heavy atom. The third-order valence-electron chi connectivity index (χ3n) is 4.76. The SMILES string of the molecule is CCNC(=NCC1(c2ccccc2)CC1)NCCc1nc(C(C)C)no1.I. The molecule has 0 aliphatic heterocycles. The molecule has 148 valence electrons. The van der Waals surface area contributed by atoms with E-state index in [9.17, 15) is 0 Å². The van der Waals surface area contributed by atoms with Gasteiger partial charge in [-0.15, -0.1) is 24.0 Å². The van der Waals surface area contributed by atoms with Crippen molar-refractivity contribution in [2.75, 3.05) is 19.6 Å². The molecule has 1 aromatic carbocycles. The third-order valence-corrected chi connectivity index (χ3v) is 4.76. The van der Waals surface area contributed by atoms with Crippen LogP contribution >= 0.6 is 24.0 Å². The van der Waals surface area contributed by atoms with Gasteiger partial charge < -0.3 is 15.2 Å². The molecule has 0 spiro atoms. The predicted octanol–water partition coefficient (Wildman–Crippen LogP) is 3.64. The molecule has 3 rings (SSSR count). The van der Waals surface area contributed by atoms with E-state index in [2.05, 4.69) is 71.9 Å². The fourth-order valence-corrected chi connectivity index (χ4v) is 2.94. The van der Waals surface area contributed by atoms with Crippen LogP contribution in [0.3, 0.4) is 0 Å². The Hall–Kier alpha value is -1.64. The second-order valence-corrected chi connectivity index (χ2v) is 7.22. The first-order valence-corrected chi connectivity index (χ1v) is 9.53. The van der Waals surface area contributed by atoms with E-state index < -0.39 is 0 Å². The number of nitrogens with one attached hydrogen (secondary N) is 2. The van der Waals surface area contributed by atoms with E-state index >= 15 is 0 Å². The van der Waals surface area contributed by atoms with Gasteiger partial charge in [0.1, 0.15) is 0 Å². The lowest BCUT2D eigenvalue weighted by Gasteiger charge is -2.15. The highest BCUT2D eigenvalue weighted by molar-refractivity contribution is 14.0. The summed E-state index contributed by atoms with van der Waals surface area (Å²) in [5.74, 6) is 2.56. The highest BCUT2D eigenvalue weighted by Gasteiger charge is 2.43. The molecule has 1 fully saturated rings. The average molecular weight is 483 g/mol. The van der Waals surface area contributed by atoms with Crippen LogP contribution in [0, 0.1) is 0 Å². The molecule has 1 aliphatic carbocycles. The molecule has 1 aromatic heterocycles. The molecular formula is C20H30IN5O. The average Bonchev–Trinajstić information content (AvgIpc) is 3.30. The van der Waals surface area contributed by atoms with Gasteiger partial charge in [-0.3, -0.25) is 4.99 Å². The Balaban J connectivity index is 0.00000261. The van der Waals surface area contributed by atoms with Crippen molar-refractivity contribution in [3.05, 3.63) is 47.6 Å². The summed E-state index contributed by atoms with van der Waals surface area (Å²) < 4.78 is 5.29. The number of benzene rings is 1. The van der Waals surface area contributed by atoms with Crippen molar-refractivity contribution in [3.8, 4) is 0 Å². The Labute approximate surface area is 178 Å². The lowest BCUT2D eigenvalue weighted by molar-refractivity contribution is 0.371. The summed E-state index contributed by atoms with van der Waals surface area (Å²) in [6.45, 7) is 8.55. The lowest BCUT2D eigenvalue weighted by atomic mass is 9.96. The summed E-state index contributed by atoms with van der Waals surface area (Å²) in [5.41, 5.74) is 1.62. The van der Waals surface area contributed by atoms with Crippen LogP contribution in [0.4, 0.5) is 0 Å². The van der Waals surface area contributed by atoms with Crippen LogP contribution in [0.25, 0.3) is 0 Å². The van der Waals surface area contributed by atoms with Gasteiger partial charge in [-0.05, 0) is 25.3 Å². The third kappa shape index (κ3) is 5.92. The minimum absolute atomic E-state index is 0. The number of hydrogen-bond donors (Lipinski definition) is 2. The Bertz CT molecular complexity index is 725. The molecule has 1 heterocycles. The zero-order valence-corrected chi connectivity index (χ0v) is 18.7. The zero-order chi connectivity index (χ0) is 18.4. The largest absolute Gasteiger partial charge is 0.357 e. The summed E-state index contributed by atoms with van der Waals surface area (Å²) >= 11 is 0. The van der Waals surface area contributed by atoms with Gasteiger partial charge in [0, 0.05) is 30.8 Å². The van der Waals surface area contributed by atoms with E-state index in [1.165, 1.54) is 18.4 Å². The van der Waals surface area contributed by atoms with Crippen molar-refractivity contribution in [1.29, 1.82) is 0 Å². The summed E-state index contributed by atoms with van der Waals surface area (Å²) in [6.07, 6.45) is 3.10. The van der Waals surface area contributed by atoms with Crippen LogP contribution in [0.1, 0.15) is 56.8 Å². The van der Waals surface area contributed by atoms with Crippen molar-refractivity contribution in [1.82, 2.24) is 20.8 Å². The molecule has 0 amide bonds. The summed E-state index contributed by atoms with van der Waals surface area (Å²) in [6, 6.07) is 10.7. The Morgan fingerprint density at radius 3 is 2.56 bits per heavy atom. The Kier molecular flexibility index (Phi) is 8.07. The van der Waals surface area contributed by atoms with Gasteiger partial charge in [0.15, 0.2) is 11.8 Å². The van der Waals surface area contributed by atoms with Gasteiger partial charge in [-0.25, -0.2) is 0 Å². The fourth-order valence-electron chi connectivity index (χ4n) is 2.94. The smallest absolute Gasteiger partial charge is 0.228 e. The quantitative estimate of drug-likeness (QED) is 0.341. The molecule has 1 aliphatic rings. The second kappa shape index (κ2) is 10.1. The van der Waals surface area contributed by atoms with Crippen molar-refractivity contribution >= 4 is 29.9 Å². The maximum atomic E-state index is 5.29.